The van der Waals surface area contributed by atoms with Crippen LogP contribution in [-0.2, 0) is 0 Å². The molecule has 0 radical (unpaired) electrons. The Balaban J connectivity index is 2.03. The Labute approximate surface area is 185 Å². The molecule has 9 heteroatoms. The Bertz CT molecular complexity index is 1130. The van der Waals surface area contributed by atoms with Crippen LogP contribution >= 0.6 is 46.1 Å². The number of carboxylic acids is 1. The van der Waals surface area contributed by atoms with Crippen LogP contribution in [0.3, 0.4) is 0 Å². The molecular weight excluding hydrogens is 457 g/mol. The lowest BCUT2D eigenvalue weighted by atomic mass is 10.0. The number of hydrogen-bond donors (Lipinski definition) is 2. The van der Waals surface area contributed by atoms with E-state index in [9.17, 15) is 14.7 Å². The van der Waals surface area contributed by atoms with Gasteiger partial charge in [-0.05, 0) is 18.6 Å². The number of carbonyl (C=O) groups is 2. The van der Waals surface area contributed by atoms with Crippen molar-refractivity contribution in [1.82, 2.24) is 0 Å². The van der Waals surface area contributed by atoms with Gasteiger partial charge in [-0.3, -0.25) is 4.79 Å². The molecule has 0 saturated heterocycles. The molecule has 0 atom stereocenters. The Morgan fingerprint density at radius 1 is 1.14 bits per heavy atom. The average Bonchev–Trinajstić information content (AvgIpc) is 3.09. The number of benzene rings is 2. The second-order valence-electron chi connectivity index (χ2n) is 6.05. The molecule has 0 fully saturated rings. The number of amides is 1. The van der Waals surface area contributed by atoms with Gasteiger partial charge in [-0.1, -0.05) is 64.6 Å². The van der Waals surface area contributed by atoms with Crippen molar-refractivity contribution < 1.29 is 19.4 Å². The molecule has 1 aromatic heterocycles. The highest BCUT2D eigenvalue weighted by Gasteiger charge is 2.24. The lowest BCUT2D eigenvalue weighted by molar-refractivity contribution is 0.0699. The van der Waals surface area contributed by atoms with Crippen molar-refractivity contribution in [2.24, 2.45) is 0 Å². The summed E-state index contributed by atoms with van der Waals surface area (Å²) in [7, 11) is 1.35. The molecule has 0 aliphatic carbocycles. The predicted octanol–water partition coefficient (Wildman–Crippen LogP) is 6.64. The molecule has 0 unspecified atom stereocenters. The molecule has 3 aromatic rings. The van der Waals surface area contributed by atoms with Crippen LogP contribution in [0, 0.1) is 6.92 Å². The maximum absolute atomic E-state index is 12.8. The van der Waals surface area contributed by atoms with Crippen molar-refractivity contribution in [3.05, 3.63) is 67.5 Å². The number of carboxylic acid groups (broad SMARTS) is 1. The number of aryl methyl sites for hydroxylation is 1. The Hall–Kier alpha value is -2.25. The lowest BCUT2D eigenvalue weighted by Crippen LogP contribution is -2.14. The summed E-state index contributed by atoms with van der Waals surface area (Å²) in [6, 6.07) is 8.75. The van der Waals surface area contributed by atoms with Crippen LogP contribution in [0.4, 0.5) is 5.00 Å². The molecule has 29 heavy (non-hydrogen) atoms. The van der Waals surface area contributed by atoms with Crippen LogP contribution < -0.4 is 10.1 Å². The number of hydrogen-bond acceptors (Lipinski definition) is 4. The molecule has 0 bridgehead atoms. The van der Waals surface area contributed by atoms with Gasteiger partial charge in [0.2, 0.25) is 0 Å². The first-order chi connectivity index (χ1) is 13.7. The van der Waals surface area contributed by atoms with E-state index in [0.717, 1.165) is 22.5 Å². The minimum absolute atomic E-state index is 0.00269. The van der Waals surface area contributed by atoms with Crippen molar-refractivity contribution in [3.63, 3.8) is 0 Å². The van der Waals surface area contributed by atoms with Crippen LogP contribution in [-0.4, -0.2) is 24.1 Å². The van der Waals surface area contributed by atoms with Crippen LogP contribution in [0.15, 0.2) is 35.7 Å². The first-order valence-corrected chi connectivity index (χ1v) is 10.2. The standard InChI is InChI=1S/C20H14Cl3NO4S/c1-9-4-3-5-10(6-9)12-8-29-19(14(12)20(26)27)24-18(25)11-7-13(21)16(23)17(28-2)15(11)22/h3-8H,1-2H3,(H,24,25)(H,26,27). The van der Waals surface area contributed by atoms with E-state index in [0.29, 0.717) is 5.56 Å². The van der Waals surface area contributed by atoms with Crippen molar-refractivity contribution >= 4 is 63.0 Å². The highest BCUT2D eigenvalue weighted by atomic mass is 35.5. The Morgan fingerprint density at radius 3 is 2.48 bits per heavy atom. The molecule has 1 heterocycles. The van der Waals surface area contributed by atoms with Crippen molar-refractivity contribution in [2.75, 3.05) is 12.4 Å². The second kappa shape index (κ2) is 8.63. The highest BCUT2D eigenvalue weighted by molar-refractivity contribution is 7.15. The summed E-state index contributed by atoms with van der Waals surface area (Å²) in [5.74, 6) is -1.72. The largest absolute Gasteiger partial charge is 0.494 e. The van der Waals surface area contributed by atoms with Gasteiger partial charge in [0, 0.05) is 10.9 Å². The van der Waals surface area contributed by atoms with E-state index in [1.807, 2.05) is 31.2 Å². The zero-order valence-electron chi connectivity index (χ0n) is 15.2. The summed E-state index contributed by atoms with van der Waals surface area (Å²) in [6.07, 6.45) is 0. The molecule has 150 valence electrons. The minimum Gasteiger partial charge on any atom is -0.494 e. The first-order valence-electron chi connectivity index (χ1n) is 8.19. The van der Waals surface area contributed by atoms with E-state index in [1.165, 1.54) is 13.2 Å². The third-order valence-corrected chi connectivity index (χ3v) is 6.17. The summed E-state index contributed by atoms with van der Waals surface area (Å²) >= 11 is 19.4. The molecule has 0 aliphatic rings. The van der Waals surface area contributed by atoms with Crippen LogP contribution in [0.2, 0.25) is 15.1 Å². The van der Waals surface area contributed by atoms with Gasteiger partial charge < -0.3 is 15.2 Å². The van der Waals surface area contributed by atoms with Gasteiger partial charge in [0.15, 0.2) is 5.75 Å². The second-order valence-corrected chi connectivity index (χ2v) is 8.09. The number of thiophene rings is 1. The molecule has 0 spiro atoms. The SMILES string of the molecule is COc1c(Cl)c(Cl)cc(C(=O)Nc2scc(-c3cccc(C)c3)c2C(=O)O)c1Cl. The van der Waals surface area contributed by atoms with Gasteiger partial charge in [0.1, 0.15) is 15.6 Å². The normalized spacial score (nSPS) is 10.7. The van der Waals surface area contributed by atoms with E-state index < -0.39 is 11.9 Å². The number of methoxy groups -OCH3 is 1. The number of ether oxygens (including phenoxy) is 1. The Kier molecular flexibility index (Phi) is 6.39. The summed E-state index contributed by atoms with van der Waals surface area (Å²) in [5, 5.41) is 14.4. The Morgan fingerprint density at radius 2 is 1.86 bits per heavy atom. The van der Waals surface area contributed by atoms with Crippen LogP contribution in [0.25, 0.3) is 11.1 Å². The monoisotopic (exact) mass is 469 g/mol. The van der Waals surface area contributed by atoms with Gasteiger partial charge in [-0.25, -0.2) is 4.79 Å². The van der Waals surface area contributed by atoms with E-state index in [4.69, 9.17) is 39.5 Å². The van der Waals surface area contributed by atoms with Gasteiger partial charge in [0.25, 0.3) is 5.91 Å². The molecular formula is C20H14Cl3NO4S. The molecule has 1 amide bonds. The third kappa shape index (κ3) is 4.21. The van der Waals surface area contributed by atoms with E-state index in [2.05, 4.69) is 5.32 Å². The topological polar surface area (TPSA) is 75.6 Å². The lowest BCUT2D eigenvalue weighted by Gasteiger charge is -2.12. The number of carbonyl (C=O) groups excluding carboxylic acids is 1. The number of nitrogens with one attached hydrogen (secondary N) is 1. The number of rotatable bonds is 5. The maximum atomic E-state index is 12.8. The molecule has 2 N–H and O–H groups in total. The fourth-order valence-electron chi connectivity index (χ4n) is 2.78. The van der Waals surface area contributed by atoms with E-state index in [1.54, 1.807) is 5.38 Å². The van der Waals surface area contributed by atoms with Gasteiger partial charge in [0.05, 0.1) is 22.7 Å². The summed E-state index contributed by atoms with van der Waals surface area (Å²) in [6.45, 7) is 1.92. The van der Waals surface area contributed by atoms with Gasteiger partial charge in [-0.15, -0.1) is 11.3 Å². The molecule has 5 nitrogen and oxygen atoms in total. The summed E-state index contributed by atoms with van der Waals surface area (Å²) in [5.41, 5.74) is 2.26. The van der Waals surface area contributed by atoms with Gasteiger partial charge >= 0.3 is 5.97 Å². The van der Waals surface area contributed by atoms with E-state index >= 15 is 0 Å². The van der Waals surface area contributed by atoms with Crippen molar-refractivity contribution in [2.45, 2.75) is 6.92 Å². The zero-order chi connectivity index (χ0) is 21.3. The van der Waals surface area contributed by atoms with E-state index in [-0.39, 0.29) is 36.9 Å². The summed E-state index contributed by atoms with van der Waals surface area (Å²) in [4.78, 5) is 24.7. The smallest absolute Gasteiger partial charge is 0.339 e. The summed E-state index contributed by atoms with van der Waals surface area (Å²) < 4.78 is 5.11. The van der Waals surface area contributed by atoms with Crippen LogP contribution in [0.5, 0.6) is 5.75 Å². The number of halogens is 3. The fourth-order valence-corrected chi connectivity index (χ4v) is 4.52. The minimum atomic E-state index is -1.16. The van der Waals surface area contributed by atoms with Gasteiger partial charge in [-0.2, -0.15) is 0 Å². The maximum Gasteiger partial charge on any atom is 0.339 e. The highest BCUT2D eigenvalue weighted by Crippen LogP contribution is 2.41. The third-order valence-electron chi connectivity index (χ3n) is 4.13. The predicted molar refractivity (Wildman–Crippen MR) is 117 cm³/mol. The average molecular weight is 471 g/mol. The fraction of sp³-hybridized carbons (Fsp3) is 0.100. The van der Waals surface area contributed by atoms with Crippen molar-refractivity contribution in [3.8, 4) is 16.9 Å². The van der Waals surface area contributed by atoms with Crippen molar-refractivity contribution in [1.29, 1.82) is 0 Å². The number of aromatic carboxylic acids is 1. The zero-order valence-corrected chi connectivity index (χ0v) is 18.3. The number of anilines is 1. The van der Waals surface area contributed by atoms with Crippen LogP contribution in [0.1, 0.15) is 26.3 Å². The molecule has 0 saturated carbocycles. The quantitative estimate of drug-likeness (QED) is 0.410. The molecule has 3 rings (SSSR count). The first kappa shape index (κ1) is 21.5. The molecule has 0 aliphatic heterocycles. The molecule has 2 aromatic carbocycles.